The lowest BCUT2D eigenvalue weighted by atomic mass is 9.95. The van der Waals surface area contributed by atoms with Crippen LogP contribution in [0.3, 0.4) is 0 Å². The molecule has 0 aromatic heterocycles. The summed E-state index contributed by atoms with van der Waals surface area (Å²) >= 11 is 0. The van der Waals surface area contributed by atoms with E-state index in [1.54, 1.807) is 50.6 Å². The summed E-state index contributed by atoms with van der Waals surface area (Å²) in [6, 6.07) is 14.1. The number of ether oxygens (including phenoxy) is 2. The van der Waals surface area contributed by atoms with Crippen LogP contribution >= 0.6 is 0 Å². The van der Waals surface area contributed by atoms with Crippen molar-refractivity contribution in [3.63, 3.8) is 0 Å². The average molecular weight is 343 g/mol. The Morgan fingerprint density at radius 1 is 0.960 bits per heavy atom. The maximum atomic E-state index is 12.5. The van der Waals surface area contributed by atoms with E-state index in [-0.39, 0.29) is 12.3 Å². The molecule has 6 nitrogen and oxygen atoms in total. The highest BCUT2D eigenvalue weighted by Crippen LogP contribution is 2.20. The monoisotopic (exact) mass is 343 g/mol. The molecule has 2 N–H and O–H groups in total. The highest BCUT2D eigenvalue weighted by Gasteiger charge is 2.22. The fourth-order valence-electron chi connectivity index (χ4n) is 2.43. The topological polar surface area (TPSA) is 84.9 Å². The first kappa shape index (κ1) is 18.3. The number of aliphatic carboxylic acids is 1. The summed E-state index contributed by atoms with van der Waals surface area (Å²) in [5.74, 6) is -0.626. The normalized spacial score (nSPS) is 11.4. The van der Waals surface area contributed by atoms with Gasteiger partial charge in [-0.15, -0.1) is 0 Å². The lowest BCUT2D eigenvalue weighted by Gasteiger charge is -2.15. The predicted octanol–water partition coefficient (Wildman–Crippen LogP) is 2.98. The lowest BCUT2D eigenvalue weighted by molar-refractivity contribution is -0.140. The van der Waals surface area contributed by atoms with Crippen molar-refractivity contribution >= 4 is 17.6 Å². The van der Waals surface area contributed by atoms with Crippen molar-refractivity contribution < 1.29 is 24.2 Å². The van der Waals surface area contributed by atoms with E-state index >= 15 is 0 Å². The summed E-state index contributed by atoms with van der Waals surface area (Å²) in [6.07, 6.45) is 0.0896. The number of hydrogen-bond acceptors (Lipinski definition) is 4. The first-order chi connectivity index (χ1) is 12.0. The minimum atomic E-state index is -1.01. The molecule has 0 saturated carbocycles. The maximum Gasteiger partial charge on any atom is 0.304 e. The van der Waals surface area contributed by atoms with E-state index in [0.29, 0.717) is 23.6 Å². The first-order valence-electron chi connectivity index (χ1n) is 7.81. The van der Waals surface area contributed by atoms with Gasteiger partial charge in [0.1, 0.15) is 11.5 Å². The number of rotatable bonds is 8. The van der Waals surface area contributed by atoms with Crippen LogP contribution in [0.15, 0.2) is 48.5 Å². The molecule has 0 aliphatic rings. The molecule has 0 radical (unpaired) electrons. The third-order valence-corrected chi connectivity index (χ3v) is 3.79. The second-order valence-corrected chi connectivity index (χ2v) is 5.56. The van der Waals surface area contributed by atoms with Crippen LogP contribution in [-0.4, -0.2) is 31.2 Å². The number of hydrogen-bond donors (Lipinski definition) is 2. The zero-order chi connectivity index (χ0) is 18.2. The Balaban J connectivity index is 2.08. The van der Waals surface area contributed by atoms with E-state index in [9.17, 15) is 9.59 Å². The Morgan fingerprint density at radius 3 is 1.96 bits per heavy atom. The van der Waals surface area contributed by atoms with Gasteiger partial charge in [-0.3, -0.25) is 9.59 Å². The molecule has 2 aromatic rings. The molecule has 2 rings (SSSR count). The number of carboxylic acids is 1. The van der Waals surface area contributed by atoms with Crippen LogP contribution in [0.1, 0.15) is 12.0 Å². The Kier molecular flexibility index (Phi) is 6.39. The van der Waals surface area contributed by atoms with E-state index in [4.69, 9.17) is 14.6 Å². The summed E-state index contributed by atoms with van der Waals surface area (Å²) in [6.45, 7) is 0. The quantitative estimate of drug-likeness (QED) is 0.770. The second kappa shape index (κ2) is 8.73. The molecule has 6 heteroatoms. The van der Waals surface area contributed by atoms with Crippen molar-refractivity contribution in [2.24, 2.45) is 5.92 Å². The number of carbonyl (C=O) groups excluding carboxylic acids is 1. The van der Waals surface area contributed by atoms with Crippen LogP contribution in [0.5, 0.6) is 11.5 Å². The molecular weight excluding hydrogens is 322 g/mol. The third kappa shape index (κ3) is 5.53. The minimum absolute atomic E-state index is 0.242. The van der Waals surface area contributed by atoms with Gasteiger partial charge in [0.2, 0.25) is 5.91 Å². The van der Waals surface area contributed by atoms with Gasteiger partial charge in [-0.05, 0) is 48.4 Å². The molecule has 0 unspecified atom stereocenters. The molecule has 2 aromatic carbocycles. The summed E-state index contributed by atoms with van der Waals surface area (Å²) < 4.78 is 10.2. The summed E-state index contributed by atoms with van der Waals surface area (Å²) in [5.41, 5.74) is 1.47. The van der Waals surface area contributed by atoms with Crippen LogP contribution < -0.4 is 14.8 Å². The molecule has 0 saturated heterocycles. The van der Waals surface area contributed by atoms with Gasteiger partial charge in [-0.25, -0.2) is 0 Å². The molecule has 0 bridgehead atoms. The van der Waals surface area contributed by atoms with Gasteiger partial charge in [0, 0.05) is 5.69 Å². The Morgan fingerprint density at radius 2 is 1.48 bits per heavy atom. The highest BCUT2D eigenvalue weighted by atomic mass is 16.5. The zero-order valence-corrected chi connectivity index (χ0v) is 14.2. The van der Waals surface area contributed by atoms with E-state index in [2.05, 4.69) is 5.32 Å². The number of carboxylic acid groups (broad SMARTS) is 1. The van der Waals surface area contributed by atoms with Crippen LogP contribution in [0.2, 0.25) is 0 Å². The number of benzene rings is 2. The molecule has 0 aliphatic carbocycles. The van der Waals surface area contributed by atoms with Crippen molar-refractivity contribution in [3.8, 4) is 11.5 Å². The molecular formula is C19H21NO5. The van der Waals surface area contributed by atoms with Crippen LogP contribution in [0.4, 0.5) is 5.69 Å². The van der Waals surface area contributed by atoms with Crippen molar-refractivity contribution in [3.05, 3.63) is 54.1 Å². The van der Waals surface area contributed by atoms with Gasteiger partial charge in [0.15, 0.2) is 0 Å². The predicted molar refractivity (Wildman–Crippen MR) is 94.1 cm³/mol. The van der Waals surface area contributed by atoms with E-state index in [1.807, 2.05) is 12.1 Å². The Labute approximate surface area is 146 Å². The SMILES string of the molecule is COc1ccc(C[C@H](CC(=O)O)C(=O)Nc2ccc(OC)cc2)cc1. The molecule has 0 aliphatic heterocycles. The van der Waals surface area contributed by atoms with Gasteiger partial charge >= 0.3 is 5.97 Å². The Hall–Kier alpha value is -3.02. The lowest BCUT2D eigenvalue weighted by Crippen LogP contribution is -2.27. The fourth-order valence-corrected chi connectivity index (χ4v) is 2.43. The average Bonchev–Trinajstić information content (AvgIpc) is 2.62. The Bertz CT molecular complexity index is 710. The smallest absolute Gasteiger partial charge is 0.304 e. The zero-order valence-electron chi connectivity index (χ0n) is 14.2. The number of carbonyl (C=O) groups is 2. The summed E-state index contributed by atoms with van der Waals surface area (Å²) in [5, 5.41) is 11.9. The number of nitrogens with one attached hydrogen (secondary N) is 1. The van der Waals surface area contributed by atoms with Crippen LogP contribution in [-0.2, 0) is 16.0 Å². The standard InChI is InChI=1S/C19H21NO5/c1-24-16-7-3-13(4-8-16)11-14(12-18(21)22)19(23)20-15-5-9-17(25-2)10-6-15/h3-10,14H,11-12H2,1-2H3,(H,20,23)(H,21,22)/t14-/m1/s1. The van der Waals surface area contributed by atoms with E-state index in [1.165, 1.54) is 0 Å². The molecule has 1 atom stereocenters. The summed E-state index contributed by atoms with van der Waals surface area (Å²) in [7, 11) is 3.13. The molecule has 0 heterocycles. The number of anilines is 1. The minimum Gasteiger partial charge on any atom is -0.497 e. The molecule has 0 spiro atoms. The fraction of sp³-hybridized carbons (Fsp3) is 0.263. The second-order valence-electron chi connectivity index (χ2n) is 5.56. The number of amides is 1. The molecule has 1 amide bonds. The highest BCUT2D eigenvalue weighted by molar-refractivity contribution is 5.94. The van der Waals surface area contributed by atoms with Gasteiger partial charge in [0.05, 0.1) is 26.6 Å². The van der Waals surface area contributed by atoms with Gasteiger partial charge in [-0.2, -0.15) is 0 Å². The first-order valence-corrected chi connectivity index (χ1v) is 7.81. The maximum absolute atomic E-state index is 12.5. The van der Waals surface area contributed by atoms with E-state index in [0.717, 1.165) is 5.56 Å². The van der Waals surface area contributed by atoms with Gasteiger partial charge in [0.25, 0.3) is 0 Å². The van der Waals surface area contributed by atoms with Crippen molar-refractivity contribution in [2.75, 3.05) is 19.5 Å². The third-order valence-electron chi connectivity index (χ3n) is 3.79. The van der Waals surface area contributed by atoms with Crippen molar-refractivity contribution in [2.45, 2.75) is 12.8 Å². The van der Waals surface area contributed by atoms with Gasteiger partial charge < -0.3 is 19.9 Å². The van der Waals surface area contributed by atoms with Crippen LogP contribution in [0.25, 0.3) is 0 Å². The van der Waals surface area contributed by atoms with Crippen LogP contribution in [0, 0.1) is 5.92 Å². The molecule has 132 valence electrons. The summed E-state index contributed by atoms with van der Waals surface area (Å²) in [4.78, 5) is 23.6. The molecule has 25 heavy (non-hydrogen) atoms. The molecule has 0 fully saturated rings. The largest absolute Gasteiger partial charge is 0.497 e. The van der Waals surface area contributed by atoms with Crippen molar-refractivity contribution in [1.29, 1.82) is 0 Å². The van der Waals surface area contributed by atoms with E-state index < -0.39 is 11.9 Å². The number of methoxy groups -OCH3 is 2. The van der Waals surface area contributed by atoms with Crippen molar-refractivity contribution in [1.82, 2.24) is 0 Å². The van der Waals surface area contributed by atoms with Gasteiger partial charge in [-0.1, -0.05) is 12.1 Å².